The number of fused-ring (bicyclic) bond motifs is 1. The molecule has 5 heteroatoms. The first kappa shape index (κ1) is 23.3. The zero-order valence-corrected chi connectivity index (χ0v) is 20.8. The minimum atomic E-state index is -0.0598. The normalized spacial score (nSPS) is 14.7. The van der Waals surface area contributed by atoms with Gasteiger partial charge in [0.2, 0.25) is 0 Å². The molecule has 0 bridgehead atoms. The molecule has 0 spiro atoms. The molecule has 0 unspecified atom stereocenters. The molecule has 0 atom stereocenters. The molecule has 4 nitrogen and oxygen atoms in total. The molecule has 4 aromatic rings. The van der Waals surface area contributed by atoms with Gasteiger partial charge in [-0.25, -0.2) is 4.98 Å². The lowest BCUT2D eigenvalue weighted by Gasteiger charge is -2.34. The lowest BCUT2D eigenvalue weighted by atomic mass is 9.92. The SMILES string of the molecule is Cc1ccccc1C=CC(=O)c1c(N2CCN(C)CC2)nc2ccc(Cl)cc2c1-c1ccccc1. The number of rotatable bonds is 5. The fourth-order valence-corrected chi connectivity index (χ4v) is 4.80. The van der Waals surface area contributed by atoms with Crippen LogP contribution in [-0.4, -0.2) is 48.9 Å². The van der Waals surface area contributed by atoms with Crippen molar-refractivity contribution in [2.24, 2.45) is 0 Å². The number of likely N-dealkylation sites (N-methyl/N-ethyl adjacent to an activating group) is 1. The third-order valence-corrected chi connectivity index (χ3v) is 6.88. The molecule has 0 radical (unpaired) electrons. The van der Waals surface area contributed by atoms with Gasteiger partial charge in [-0.1, -0.05) is 72.3 Å². The maximum absolute atomic E-state index is 14.0. The van der Waals surface area contributed by atoms with Crippen molar-refractivity contribution in [2.75, 3.05) is 38.1 Å². The largest absolute Gasteiger partial charge is 0.353 e. The number of benzene rings is 3. The predicted octanol–water partition coefficient (Wildman–Crippen LogP) is 6.51. The van der Waals surface area contributed by atoms with E-state index in [2.05, 4.69) is 29.8 Å². The highest BCUT2D eigenvalue weighted by Crippen LogP contribution is 2.38. The van der Waals surface area contributed by atoms with Crippen molar-refractivity contribution >= 4 is 40.2 Å². The van der Waals surface area contributed by atoms with Gasteiger partial charge in [0.1, 0.15) is 5.82 Å². The summed E-state index contributed by atoms with van der Waals surface area (Å²) in [6.07, 6.45) is 3.59. The van der Waals surface area contributed by atoms with Crippen molar-refractivity contribution in [3.8, 4) is 11.1 Å². The van der Waals surface area contributed by atoms with E-state index in [-0.39, 0.29) is 5.78 Å². The van der Waals surface area contributed by atoms with Gasteiger partial charge < -0.3 is 9.80 Å². The Morgan fingerprint density at radius 1 is 0.943 bits per heavy atom. The Kier molecular flexibility index (Phi) is 6.67. The fourth-order valence-electron chi connectivity index (χ4n) is 4.63. The van der Waals surface area contributed by atoms with Crippen molar-refractivity contribution in [2.45, 2.75) is 6.92 Å². The number of ketones is 1. The third kappa shape index (κ3) is 4.86. The Labute approximate surface area is 211 Å². The number of carbonyl (C=O) groups is 1. The molecule has 2 heterocycles. The Morgan fingerprint density at radius 3 is 2.40 bits per heavy atom. The molecule has 0 saturated carbocycles. The van der Waals surface area contributed by atoms with Crippen LogP contribution in [0.3, 0.4) is 0 Å². The van der Waals surface area contributed by atoms with Crippen LogP contribution in [0.1, 0.15) is 21.5 Å². The van der Waals surface area contributed by atoms with Crippen molar-refractivity contribution in [3.63, 3.8) is 0 Å². The number of aryl methyl sites for hydroxylation is 1. The van der Waals surface area contributed by atoms with Gasteiger partial charge in [-0.15, -0.1) is 0 Å². The number of allylic oxidation sites excluding steroid dienone is 1. The maximum atomic E-state index is 14.0. The number of aromatic nitrogens is 1. The average molecular weight is 482 g/mol. The topological polar surface area (TPSA) is 36.4 Å². The van der Waals surface area contributed by atoms with Crippen LogP contribution in [0.2, 0.25) is 5.02 Å². The summed E-state index contributed by atoms with van der Waals surface area (Å²) in [5.41, 5.74) is 5.47. The maximum Gasteiger partial charge on any atom is 0.190 e. The Morgan fingerprint density at radius 2 is 1.66 bits per heavy atom. The minimum Gasteiger partial charge on any atom is -0.353 e. The van der Waals surface area contributed by atoms with Gasteiger partial charge in [0.25, 0.3) is 0 Å². The lowest BCUT2D eigenvalue weighted by Crippen LogP contribution is -2.45. The fraction of sp³-hybridized carbons (Fsp3) is 0.200. The van der Waals surface area contributed by atoms with Gasteiger partial charge in [0, 0.05) is 42.2 Å². The number of piperazine rings is 1. The summed E-state index contributed by atoms with van der Waals surface area (Å²) < 4.78 is 0. The van der Waals surface area contributed by atoms with Gasteiger partial charge in [-0.2, -0.15) is 0 Å². The van der Waals surface area contributed by atoms with Crippen molar-refractivity contribution < 1.29 is 4.79 Å². The molecule has 1 fully saturated rings. The summed E-state index contributed by atoms with van der Waals surface area (Å²) in [6, 6.07) is 23.9. The Hall–Kier alpha value is -3.47. The van der Waals surface area contributed by atoms with E-state index in [1.54, 1.807) is 6.08 Å². The molecular formula is C30H28ClN3O. The number of nitrogens with zero attached hydrogens (tertiary/aromatic N) is 3. The van der Waals surface area contributed by atoms with Crippen LogP contribution in [0.25, 0.3) is 28.1 Å². The second-order valence-electron chi connectivity index (χ2n) is 9.06. The third-order valence-electron chi connectivity index (χ3n) is 6.64. The molecule has 1 saturated heterocycles. The van der Waals surface area contributed by atoms with Crippen LogP contribution in [0.4, 0.5) is 5.82 Å². The monoisotopic (exact) mass is 481 g/mol. The molecule has 35 heavy (non-hydrogen) atoms. The second-order valence-corrected chi connectivity index (χ2v) is 9.49. The molecule has 3 aromatic carbocycles. The summed E-state index contributed by atoms with van der Waals surface area (Å²) in [5.74, 6) is 0.682. The number of anilines is 1. The highest BCUT2D eigenvalue weighted by Gasteiger charge is 2.26. The quantitative estimate of drug-likeness (QED) is 0.240. The summed E-state index contributed by atoms with van der Waals surface area (Å²) in [4.78, 5) is 23.6. The minimum absolute atomic E-state index is 0.0598. The van der Waals surface area contributed by atoms with Gasteiger partial charge in [0.15, 0.2) is 5.78 Å². The smallest absolute Gasteiger partial charge is 0.190 e. The van der Waals surface area contributed by atoms with E-state index >= 15 is 0 Å². The van der Waals surface area contributed by atoms with Gasteiger partial charge in [0.05, 0.1) is 11.1 Å². The van der Waals surface area contributed by atoms with Gasteiger partial charge >= 0.3 is 0 Å². The van der Waals surface area contributed by atoms with E-state index in [4.69, 9.17) is 16.6 Å². The number of carbonyl (C=O) groups excluding carboxylic acids is 1. The summed E-state index contributed by atoms with van der Waals surface area (Å²) >= 11 is 6.43. The number of pyridine rings is 1. The highest BCUT2D eigenvalue weighted by atomic mass is 35.5. The van der Waals surface area contributed by atoms with Gasteiger partial charge in [-0.3, -0.25) is 4.79 Å². The van der Waals surface area contributed by atoms with Crippen molar-refractivity contribution in [1.29, 1.82) is 0 Å². The summed E-state index contributed by atoms with van der Waals surface area (Å²) in [5, 5.41) is 1.51. The molecule has 5 rings (SSSR count). The Balaban J connectivity index is 1.75. The lowest BCUT2D eigenvalue weighted by molar-refractivity contribution is 0.104. The molecule has 176 valence electrons. The molecule has 0 N–H and O–H groups in total. The molecule has 1 aromatic heterocycles. The molecule has 1 aliphatic heterocycles. The van der Waals surface area contributed by atoms with Crippen LogP contribution in [-0.2, 0) is 0 Å². The van der Waals surface area contributed by atoms with Crippen LogP contribution in [0, 0.1) is 6.92 Å². The second kappa shape index (κ2) is 10.0. The van der Waals surface area contributed by atoms with E-state index in [0.29, 0.717) is 10.6 Å². The van der Waals surface area contributed by atoms with E-state index in [1.807, 2.05) is 72.8 Å². The standard InChI is InChI=1S/C30H28ClN3O/c1-21-8-6-7-9-22(21)12-15-27(35)29-28(23-10-4-3-5-11-23)25-20-24(31)13-14-26(25)32-30(29)34-18-16-33(2)17-19-34/h3-15,20H,16-19H2,1-2H3. The van der Waals surface area contributed by atoms with Gasteiger partial charge in [-0.05, 0) is 54.9 Å². The molecule has 1 aliphatic rings. The first-order valence-electron chi connectivity index (χ1n) is 11.9. The van der Waals surface area contributed by atoms with E-state index in [0.717, 1.165) is 65.2 Å². The summed E-state index contributed by atoms with van der Waals surface area (Å²) in [6.45, 7) is 5.54. The summed E-state index contributed by atoms with van der Waals surface area (Å²) in [7, 11) is 2.12. The number of halogens is 1. The molecular weight excluding hydrogens is 454 g/mol. The highest BCUT2D eigenvalue weighted by molar-refractivity contribution is 6.31. The number of hydrogen-bond donors (Lipinski definition) is 0. The van der Waals surface area contributed by atoms with Crippen LogP contribution < -0.4 is 4.90 Å². The van der Waals surface area contributed by atoms with E-state index in [1.165, 1.54) is 0 Å². The van der Waals surface area contributed by atoms with E-state index in [9.17, 15) is 4.79 Å². The average Bonchev–Trinajstić information content (AvgIpc) is 2.88. The number of hydrogen-bond acceptors (Lipinski definition) is 4. The zero-order valence-electron chi connectivity index (χ0n) is 20.0. The van der Waals surface area contributed by atoms with E-state index < -0.39 is 0 Å². The first-order valence-corrected chi connectivity index (χ1v) is 12.3. The predicted molar refractivity (Wildman–Crippen MR) is 146 cm³/mol. The van der Waals surface area contributed by atoms with Crippen LogP contribution >= 0.6 is 11.6 Å². The van der Waals surface area contributed by atoms with Crippen molar-refractivity contribution in [3.05, 3.63) is 101 Å². The Bertz CT molecular complexity index is 1410. The van der Waals surface area contributed by atoms with Crippen molar-refractivity contribution in [1.82, 2.24) is 9.88 Å². The molecule has 0 amide bonds. The molecule has 0 aliphatic carbocycles. The first-order chi connectivity index (χ1) is 17.0. The van der Waals surface area contributed by atoms with Crippen LogP contribution in [0.15, 0.2) is 78.9 Å². The zero-order chi connectivity index (χ0) is 24.4. The van der Waals surface area contributed by atoms with Crippen LogP contribution in [0.5, 0.6) is 0 Å².